The first kappa shape index (κ1) is 47.6. The van der Waals surface area contributed by atoms with Crippen LogP contribution in [0.3, 0.4) is 0 Å². The Balaban J connectivity index is 1.10. The number of Topliss-reactive ketones (excluding diaryl/α,β-unsaturated/α-hetero) is 1. The van der Waals surface area contributed by atoms with E-state index < -0.39 is 104 Å². The van der Waals surface area contributed by atoms with E-state index in [0.717, 1.165) is 5.57 Å². The fourth-order valence-electron chi connectivity index (χ4n) is 11.1. The van der Waals surface area contributed by atoms with Gasteiger partial charge in [-0.15, -0.1) is 0 Å². The number of carboxylic acids is 1. The van der Waals surface area contributed by atoms with Gasteiger partial charge in [-0.25, -0.2) is 4.57 Å². The molecule has 2 heterocycles. The number of carbonyl (C=O) groups is 6. The number of alkyl halides is 1. The Hall–Kier alpha value is -4.37. The Labute approximate surface area is 376 Å². The lowest BCUT2D eigenvalue weighted by atomic mass is 9.46. The fraction of sp³-hybridized carbons (Fsp3) is 0.535. The van der Waals surface area contributed by atoms with Crippen LogP contribution in [-0.4, -0.2) is 107 Å². The Bertz CT molecular complexity index is 2330. The highest BCUT2D eigenvalue weighted by Crippen LogP contribution is 2.70. The molecule has 10 atom stereocenters. The van der Waals surface area contributed by atoms with E-state index in [9.17, 15) is 58.4 Å². The molecular weight excluding hydrogens is 923 g/mol. The second-order valence-electron chi connectivity index (χ2n) is 17.7. The van der Waals surface area contributed by atoms with Crippen LogP contribution in [-0.2, 0) is 60.5 Å². The van der Waals surface area contributed by atoms with Gasteiger partial charge in [0.25, 0.3) is 0 Å². The molecule has 346 valence electrons. The summed E-state index contributed by atoms with van der Waals surface area (Å²) in [6.45, 7) is 2.27. The summed E-state index contributed by atoms with van der Waals surface area (Å²) < 4.78 is 31.7. The van der Waals surface area contributed by atoms with E-state index in [4.69, 9.17) is 14.0 Å². The number of fused-ring (bicyclic) bond motifs is 7. The van der Waals surface area contributed by atoms with Gasteiger partial charge in [-0.3, -0.25) is 33.3 Å². The maximum Gasteiger partial charge on any atom is 0.470 e. The van der Waals surface area contributed by atoms with Crippen LogP contribution in [0.15, 0.2) is 60.5 Å². The number of hydrogen-bond acceptors (Lipinski definition) is 12. The number of aliphatic carboxylic acids is 1. The van der Waals surface area contributed by atoms with Crippen molar-refractivity contribution in [2.24, 2.45) is 28.6 Å². The van der Waals surface area contributed by atoms with E-state index in [1.165, 1.54) is 6.08 Å². The summed E-state index contributed by atoms with van der Waals surface area (Å²) >= 11 is 2.97. The first-order chi connectivity index (χ1) is 30.2. The van der Waals surface area contributed by atoms with Crippen LogP contribution in [0.25, 0.3) is 0 Å². The zero-order valence-electron chi connectivity index (χ0n) is 35.1. The number of benzene rings is 1. The summed E-state index contributed by atoms with van der Waals surface area (Å²) in [6, 6.07) is 5.39. The number of phosphoric acid groups is 1. The van der Waals surface area contributed by atoms with Crippen molar-refractivity contribution in [3.05, 3.63) is 77.2 Å². The molecule has 2 aromatic rings. The molecule has 5 aliphatic rings. The molecule has 3 amide bonds. The van der Waals surface area contributed by atoms with Crippen molar-refractivity contribution in [1.82, 2.24) is 15.2 Å². The number of carbonyl (C=O) groups excluding carboxylic acids is 5. The second kappa shape index (κ2) is 18.5. The third kappa shape index (κ3) is 9.21. The summed E-state index contributed by atoms with van der Waals surface area (Å²) in [5.74, 6) is -4.49. The Kier molecular flexibility index (Phi) is 13.7. The van der Waals surface area contributed by atoms with Crippen molar-refractivity contribution in [1.29, 1.82) is 0 Å². The van der Waals surface area contributed by atoms with E-state index >= 15 is 0 Å². The molecule has 64 heavy (non-hydrogen) atoms. The molecule has 3 saturated carbocycles. The molecule has 0 spiro atoms. The minimum atomic E-state index is -5.07. The molecule has 1 aliphatic heterocycles. The molecule has 0 unspecified atom stereocenters. The number of ether oxygens (including phenoxy) is 2. The molecule has 1 aromatic carbocycles. The smallest absolute Gasteiger partial charge is 0.470 e. The summed E-state index contributed by atoms with van der Waals surface area (Å²) in [6.07, 6.45) is 6.71. The molecule has 19 nitrogen and oxygen atoms in total. The number of nitrogens with zero attached hydrogens (tertiary/aromatic N) is 1. The van der Waals surface area contributed by atoms with Gasteiger partial charge in [0.05, 0.1) is 30.7 Å². The van der Waals surface area contributed by atoms with E-state index in [1.54, 1.807) is 47.3 Å². The molecule has 7 rings (SSSR count). The molecule has 4 aliphatic carbocycles. The largest absolute Gasteiger partial charge is 0.481 e. The summed E-state index contributed by atoms with van der Waals surface area (Å²) in [4.78, 5) is 94.8. The molecular formula is C43H52BrN4O15P. The van der Waals surface area contributed by atoms with E-state index in [0.29, 0.717) is 36.0 Å². The van der Waals surface area contributed by atoms with Gasteiger partial charge in [0.1, 0.15) is 12.6 Å². The number of rotatable bonds is 17. The van der Waals surface area contributed by atoms with Crippen molar-refractivity contribution in [2.45, 2.75) is 95.7 Å². The lowest BCUT2D eigenvalue weighted by Crippen LogP contribution is -2.63. The first-order valence-electron chi connectivity index (χ1n) is 20.9. The molecule has 4 fully saturated rings. The number of aromatic nitrogens is 1. The van der Waals surface area contributed by atoms with Crippen molar-refractivity contribution < 1.29 is 72.4 Å². The fourth-order valence-corrected chi connectivity index (χ4v) is 11.6. The van der Waals surface area contributed by atoms with Gasteiger partial charge < -0.3 is 55.1 Å². The first-order valence-corrected chi connectivity index (χ1v) is 23.6. The molecule has 1 saturated heterocycles. The van der Waals surface area contributed by atoms with Crippen LogP contribution in [0.1, 0.15) is 75.4 Å². The van der Waals surface area contributed by atoms with Gasteiger partial charge in [-0.05, 0) is 73.8 Å². The number of anilines is 1. The van der Waals surface area contributed by atoms with Gasteiger partial charge in [0.15, 0.2) is 23.5 Å². The average molecular weight is 976 g/mol. The summed E-state index contributed by atoms with van der Waals surface area (Å²) in [7, 11) is -5.07. The molecule has 0 radical (unpaired) electrons. The number of aliphatic hydroxyl groups is 2. The number of nitrogens with one attached hydrogen (secondary N) is 3. The maximum absolute atomic E-state index is 14.4. The predicted octanol–water partition coefficient (Wildman–Crippen LogP) is 2.55. The van der Waals surface area contributed by atoms with Gasteiger partial charge in [0.2, 0.25) is 17.7 Å². The number of carboxylic acid groups (broad SMARTS) is 1. The third-order valence-corrected chi connectivity index (χ3v) is 14.9. The third-order valence-electron chi connectivity index (χ3n) is 13.9. The number of ketones is 2. The normalized spacial score (nSPS) is 30.9. The molecule has 1 aromatic heterocycles. The minimum Gasteiger partial charge on any atom is -0.481 e. The van der Waals surface area contributed by atoms with Crippen molar-refractivity contribution in [3.8, 4) is 0 Å². The SMILES string of the molecule is C[C@]12C=CC(=O)C=C1CC[C@@H]1[C@@H]2[C@@H](O)C[C@@]2(C)[C@H]1C[C@H]1O[C@@H](c3ccn(Cc4ccc(CO)c(NC(=O)[C@H](CCC(=O)O)NC(=O)CNC(=O)CBr)c4)c3)O[C@]12C(=O)COP(=O)(O)O. The van der Waals surface area contributed by atoms with Crippen molar-refractivity contribution in [2.75, 3.05) is 23.8 Å². The summed E-state index contributed by atoms with van der Waals surface area (Å²) in [5.41, 5.74) is -0.699. The average Bonchev–Trinajstić information content (AvgIpc) is 3.93. The summed E-state index contributed by atoms with van der Waals surface area (Å²) in [5, 5.41) is 38.8. The zero-order chi connectivity index (χ0) is 46.4. The maximum atomic E-state index is 14.4. The molecule has 0 bridgehead atoms. The van der Waals surface area contributed by atoms with Crippen LogP contribution in [0.4, 0.5) is 5.69 Å². The highest BCUT2D eigenvalue weighted by Gasteiger charge is 2.76. The van der Waals surface area contributed by atoms with Gasteiger partial charge >= 0.3 is 13.8 Å². The van der Waals surface area contributed by atoms with Crippen LogP contribution in [0.2, 0.25) is 0 Å². The van der Waals surface area contributed by atoms with Crippen molar-refractivity contribution in [3.63, 3.8) is 0 Å². The quantitative estimate of drug-likeness (QED) is 0.0835. The standard InChI is InChI=1S/C43H52BrN4O15P/c1-41-11-9-27(50)14-26(41)5-6-28-29-15-34-43(33(52)22-61-64(58,59)60,42(29,2)16-32(51)38(28)41)63-40(62-34)24-10-12-48(20-24)19-23-3-4-25(21-49)31(13-23)47-39(57)30(7-8-37(55)56)46-36(54)18-45-35(53)17-44/h3-4,9-14,20,28-30,32,34,38,40,49,51H,5-8,15-19,21-22H2,1-2H3,(H,45,53)(H,46,54)(H,47,57)(H,55,56)(H2,58,59,60)/t28-,29-,30-,32-,34+,38+,40+,41-,42-,43+/m0/s1. The second-order valence-corrected chi connectivity index (χ2v) is 19.5. The Morgan fingerprint density at radius 3 is 2.59 bits per heavy atom. The number of amides is 3. The highest BCUT2D eigenvalue weighted by atomic mass is 79.9. The monoisotopic (exact) mass is 974 g/mol. The van der Waals surface area contributed by atoms with E-state index in [1.807, 2.05) is 19.9 Å². The van der Waals surface area contributed by atoms with Crippen LogP contribution < -0.4 is 16.0 Å². The molecule has 21 heteroatoms. The van der Waals surface area contributed by atoms with Crippen LogP contribution >= 0.6 is 23.8 Å². The van der Waals surface area contributed by atoms with Crippen LogP contribution in [0, 0.1) is 28.6 Å². The Morgan fingerprint density at radius 1 is 1.12 bits per heavy atom. The minimum absolute atomic E-state index is 0.0476. The predicted molar refractivity (Wildman–Crippen MR) is 228 cm³/mol. The lowest BCUT2D eigenvalue weighted by molar-refractivity contribution is -0.200. The number of allylic oxidation sites excluding steroid dienone is 4. The van der Waals surface area contributed by atoms with E-state index in [-0.39, 0.29) is 53.9 Å². The van der Waals surface area contributed by atoms with E-state index in [2.05, 4.69) is 31.9 Å². The number of phosphoric ester groups is 1. The number of hydrogen-bond donors (Lipinski definition) is 8. The van der Waals surface area contributed by atoms with Gasteiger partial charge in [0, 0.05) is 58.9 Å². The van der Waals surface area contributed by atoms with Gasteiger partial charge in [-0.2, -0.15) is 0 Å². The Morgan fingerprint density at radius 2 is 1.89 bits per heavy atom. The van der Waals surface area contributed by atoms with Gasteiger partial charge in [-0.1, -0.05) is 53.6 Å². The highest BCUT2D eigenvalue weighted by molar-refractivity contribution is 9.09. The molecule has 8 N–H and O–H groups in total. The lowest BCUT2D eigenvalue weighted by Gasteiger charge is -2.59. The topological polar surface area (TPSA) is 289 Å². The number of halogens is 1. The number of aliphatic hydroxyl groups excluding tert-OH is 2. The van der Waals surface area contributed by atoms with Crippen LogP contribution in [0.5, 0.6) is 0 Å². The zero-order valence-corrected chi connectivity index (χ0v) is 37.6. The van der Waals surface area contributed by atoms with Crippen molar-refractivity contribution >= 4 is 64.7 Å².